The van der Waals surface area contributed by atoms with E-state index in [1.165, 1.54) is 16.7 Å². The van der Waals surface area contributed by atoms with E-state index in [4.69, 9.17) is 5.11 Å². The Labute approximate surface area is 121 Å². The first-order valence-electron chi connectivity index (χ1n) is 6.84. The molecule has 0 aliphatic heterocycles. The van der Waals surface area contributed by atoms with Gasteiger partial charge in [-0.15, -0.1) is 11.3 Å². The van der Waals surface area contributed by atoms with Crippen molar-refractivity contribution in [2.24, 2.45) is 0 Å². The highest BCUT2D eigenvalue weighted by atomic mass is 32.1. The van der Waals surface area contributed by atoms with Crippen LogP contribution < -0.4 is 5.32 Å². The van der Waals surface area contributed by atoms with E-state index in [2.05, 4.69) is 17.2 Å². The quantitative estimate of drug-likeness (QED) is 0.806. The molecule has 1 aromatic rings. The van der Waals surface area contributed by atoms with Crippen molar-refractivity contribution in [2.45, 2.75) is 38.6 Å². The minimum absolute atomic E-state index is 0.0237. The Morgan fingerprint density at radius 3 is 2.85 bits per heavy atom. The van der Waals surface area contributed by atoms with Gasteiger partial charge >= 0.3 is 12.0 Å². The number of amides is 2. The van der Waals surface area contributed by atoms with Crippen molar-refractivity contribution in [3.63, 3.8) is 0 Å². The predicted octanol–water partition coefficient (Wildman–Crippen LogP) is 1.97. The summed E-state index contributed by atoms with van der Waals surface area (Å²) in [7, 11) is 0. The van der Waals surface area contributed by atoms with Crippen molar-refractivity contribution in [1.29, 1.82) is 0 Å². The molecule has 1 fully saturated rings. The highest BCUT2D eigenvalue weighted by Crippen LogP contribution is 2.26. The molecule has 7 heteroatoms. The van der Waals surface area contributed by atoms with Crippen molar-refractivity contribution in [3.8, 4) is 0 Å². The molecule has 0 unspecified atom stereocenters. The lowest BCUT2D eigenvalue weighted by atomic mass is 10.4. The topological polar surface area (TPSA) is 82.5 Å². The molecular formula is C13H19N3O3S. The van der Waals surface area contributed by atoms with E-state index in [9.17, 15) is 9.59 Å². The number of aromatic nitrogens is 1. The number of carboxylic acids is 1. The van der Waals surface area contributed by atoms with Crippen molar-refractivity contribution >= 4 is 23.3 Å². The minimum atomic E-state index is -1.01. The van der Waals surface area contributed by atoms with Gasteiger partial charge in [-0.3, -0.25) is 0 Å². The van der Waals surface area contributed by atoms with Crippen molar-refractivity contribution in [1.82, 2.24) is 15.2 Å². The number of rotatable bonds is 7. The molecule has 1 aliphatic carbocycles. The number of carbonyl (C=O) groups excluding carboxylic acids is 1. The molecule has 20 heavy (non-hydrogen) atoms. The Kier molecular flexibility index (Phi) is 4.94. The Balaban J connectivity index is 1.76. The van der Waals surface area contributed by atoms with Crippen LogP contribution in [0.25, 0.3) is 0 Å². The van der Waals surface area contributed by atoms with Crippen LogP contribution in [0.2, 0.25) is 0 Å². The van der Waals surface area contributed by atoms with Gasteiger partial charge in [0.05, 0.1) is 5.01 Å². The second kappa shape index (κ2) is 6.69. The van der Waals surface area contributed by atoms with Gasteiger partial charge in [0, 0.05) is 30.9 Å². The normalized spacial score (nSPS) is 14.1. The third-order valence-electron chi connectivity index (χ3n) is 3.10. The fourth-order valence-electron chi connectivity index (χ4n) is 1.98. The number of nitrogens with one attached hydrogen (secondary N) is 1. The van der Waals surface area contributed by atoms with E-state index >= 15 is 0 Å². The summed E-state index contributed by atoms with van der Waals surface area (Å²) in [6.07, 6.45) is 3.72. The molecule has 0 saturated heterocycles. The van der Waals surface area contributed by atoms with Crippen LogP contribution in [0.1, 0.15) is 41.7 Å². The maximum absolute atomic E-state index is 12.0. The van der Waals surface area contributed by atoms with E-state index < -0.39 is 5.97 Å². The van der Waals surface area contributed by atoms with Gasteiger partial charge in [-0.1, -0.05) is 6.92 Å². The summed E-state index contributed by atoms with van der Waals surface area (Å²) < 4.78 is 0. The van der Waals surface area contributed by atoms with Crippen LogP contribution in [0.15, 0.2) is 5.38 Å². The zero-order valence-corrected chi connectivity index (χ0v) is 12.3. The summed E-state index contributed by atoms with van der Waals surface area (Å²) in [4.78, 5) is 28.6. The van der Waals surface area contributed by atoms with Gasteiger partial charge in [-0.25, -0.2) is 14.6 Å². The van der Waals surface area contributed by atoms with Gasteiger partial charge in [0.25, 0.3) is 0 Å². The molecule has 0 aromatic carbocycles. The highest BCUT2D eigenvalue weighted by molar-refractivity contribution is 7.09. The first-order chi connectivity index (χ1) is 9.61. The molecule has 1 aliphatic rings. The first-order valence-corrected chi connectivity index (χ1v) is 7.72. The molecule has 0 atom stereocenters. The lowest BCUT2D eigenvalue weighted by Crippen LogP contribution is -2.42. The lowest BCUT2D eigenvalue weighted by molar-refractivity contribution is 0.0691. The van der Waals surface area contributed by atoms with Crippen LogP contribution in [-0.2, 0) is 6.42 Å². The summed E-state index contributed by atoms with van der Waals surface area (Å²) in [5.74, 6) is -1.01. The first kappa shape index (κ1) is 14.8. The predicted molar refractivity (Wildman–Crippen MR) is 76.2 cm³/mol. The SMILES string of the molecule is CCCN(C(=O)NCCc1nc(C(=O)O)cs1)C1CC1. The number of urea groups is 1. The van der Waals surface area contributed by atoms with Gasteiger partial charge in [0.15, 0.2) is 5.69 Å². The van der Waals surface area contributed by atoms with Crippen LogP contribution >= 0.6 is 11.3 Å². The third-order valence-corrected chi connectivity index (χ3v) is 4.01. The average molecular weight is 297 g/mol. The summed E-state index contributed by atoms with van der Waals surface area (Å²) >= 11 is 1.31. The molecule has 0 bridgehead atoms. The Morgan fingerprint density at radius 1 is 1.55 bits per heavy atom. The maximum atomic E-state index is 12.0. The van der Waals surface area contributed by atoms with E-state index in [-0.39, 0.29) is 11.7 Å². The Bertz CT molecular complexity index is 485. The monoisotopic (exact) mass is 297 g/mol. The van der Waals surface area contributed by atoms with Crippen LogP contribution in [0, 0.1) is 0 Å². The van der Waals surface area contributed by atoms with E-state index in [0.717, 1.165) is 30.8 Å². The highest BCUT2D eigenvalue weighted by Gasteiger charge is 2.31. The van der Waals surface area contributed by atoms with Crippen LogP contribution in [0.5, 0.6) is 0 Å². The molecule has 2 N–H and O–H groups in total. The van der Waals surface area contributed by atoms with Gasteiger partial charge < -0.3 is 15.3 Å². The molecule has 0 radical (unpaired) electrons. The molecule has 2 amide bonds. The zero-order chi connectivity index (χ0) is 14.5. The lowest BCUT2D eigenvalue weighted by Gasteiger charge is -2.21. The number of nitrogens with zero attached hydrogens (tertiary/aromatic N) is 2. The minimum Gasteiger partial charge on any atom is -0.476 e. The molecule has 1 saturated carbocycles. The number of carbonyl (C=O) groups is 2. The third kappa shape index (κ3) is 3.93. The van der Waals surface area contributed by atoms with E-state index in [1.54, 1.807) is 0 Å². The van der Waals surface area contributed by atoms with Gasteiger partial charge in [0.2, 0.25) is 0 Å². The summed E-state index contributed by atoms with van der Waals surface area (Å²) in [5, 5.41) is 13.9. The summed E-state index contributed by atoms with van der Waals surface area (Å²) in [6.45, 7) is 3.33. The number of carboxylic acid groups (broad SMARTS) is 1. The van der Waals surface area contributed by atoms with Gasteiger partial charge in [-0.05, 0) is 19.3 Å². The molecule has 1 aromatic heterocycles. The number of aromatic carboxylic acids is 1. The summed E-state index contributed by atoms with van der Waals surface area (Å²) in [5.41, 5.74) is 0.0712. The van der Waals surface area contributed by atoms with Crippen molar-refractivity contribution < 1.29 is 14.7 Å². The summed E-state index contributed by atoms with van der Waals surface area (Å²) in [6, 6.07) is 0.387. The number of thiazole rings is 1. The van der Waals surface area contributed by atoms with E-state index in [0.29, 0.717) is 19.0 Å². The van der Waals surface area contributed by atoms with Gasteiger partial charge in [-0.2, -0.15) is 0 Å². The van der Waals surface area contributed by atoms with Gasteiger partial charge in [0.1, 0.15) is 0 Å². The fourth-order valence-corrected chi connectivity index (χ4v) is 2.75. The Hall–Kier alpha value is -1.63. The smallest absolute Gasteiger partial charge is 0.355 e. The molecule has 0 spiro atoms. The number of hydrogen-bond donors (Lipinski definition) is 2. The second-order valence-electron chi connectivity index (χ2n) is 4.84. The van der Waals surface area contributed by atoms with Crippen molar-refractivity contribution in [2.75, 3.05) is 13.1 Å². The number of hydrogen-bond acceptors (Lipinski definition) is 4. The van der Waals surface area contributed by atoms with Crippen molar-refractivity contribution in [3.05, 3.63) is 16.1 Å². The molecule has 1 heterocycles. The van der Waals surface area contributed by atoms with Crippen LogP contribution in [0.4, 0.5) is 4.79 Å². The van der Waals surface area contributed by atoms with Crippen LogP contribution in [-0.4, -0.2) is 46.1 Å². The fraction of sp³-hybridized carbons (Fsp3) is 0.615. The Morgan fingerprint density at radius 2 is 2.30 bits per heavy atom. The van der Waals surface area contributed by atoms with Crippen LogP contribution in [0.3, 0.4) is 0 Å². The van der Waals surface area contributed by atoms with E-state index in [1.807, 2.05) is 4.90 Å². The molecule has 110 valence electrons. The molecule has 6 nitrogen and oxygen atoms in total. The average Bonchev–Trinajstić information content (AvgIpc) is 3.13. The molecule has 2 rings (SSSR count). The molecular weight excluding hydrogens is 278 g/mol. The maximum Gasteiger partial charge on any atom is 0.355 e. The second-order valence-corrected chi connectivity index (χ2v) is 5.78. The zero-order valence-electron chi connectivity index (χ0n) is 11.5. The largest absolute Gasteiger partial charge is 0.476 e. The standard InChI is InChI=1S/C13H19N3O3S/c1-2-7-16(9-3-4-9)13(19)14-6-5-11-15-10(8-20-11)12(17)18/h8-9H,2-7H2,1H3,(H,14,19)(H,17,18).